The summed E-state index contributed by atoms with van der Waals surface area (Å²) in [6, 6.07) is 7.93. The first kappa shape index (κ1) is 22.6. The van der Waals surface area contributed by atoms with Crippen molar-refractivity contribution in [3.63, 3.8) is 0 Å². The monoisotopic (exact) mass is 473 g/mol. The Morgan fingerprint density at radius 2 is 1.84 bits per heavy atom. The van der Waals surface area contributed by atoms with Gasteiger partial charge in [0.25, 0.3) is 0 Å². The number of H-pyrrole nitrogens is 1. The van der Waals surface area contributed by atoms with Crippen molar-refractivity contribution in [3.8, 4) is 0 Å². The number of hydrogen-bond donors (Lipinski definition) is 2. The molecule has 0 aliphatic carbocycles. The maximum absolute atomic E-state index is 14.3. The first-order valence-corrected chi connectivity index (χ1v) is 11.2. The zero-order chi connectivity index (χ0) is 22.7. The number of ketones is 2. The second-order valence-corrected chi connectivity index (χ2v) is 8.82. The van der Waals surface area contributed by atoms with E-state index in [9.17, 15) is 14.0 Å². The number of aromatic amines is 1. The van der Waals surface area contributed by atoms with Gasteiger partial charge < -0.3 is 10.3 Å². The van der Waals surface area contributed by atoms with Crippen molar-refractivity contribution in [1.82, 2.24) is 15.3 Å². The van der Waals surface area contributed by atoms with Crippen LogP contribution in [0.15, 0.2) is 42.7 Å². The Morgan fingerprint density at radius 1 is 1.09 bits per heavy atom. The molecule has 0 spiro atoms. The summed E-state index contributed by atoms with van der Waals surface area (Å²) < 4.78 is 14.3. The van der Waals surface area contributed by atoms with Crippen LogP contribution in [0.25, 0.3) is 0 Å². The van der Waals surface area contributed by atoms with Gasteiger partial charge in [0.05, 0.1) is 21.3 Å². The number of rotatable bonds is 7. The molecule has 0 unspecified atom stereocenters. The number of piperidine rings is 1. The molecule has 1 aliphatic rings. The standard InChI is InChI=1S/C24H22Cl2FN3O2/c25-18-3-4-19(26)23(27)22(18)24(32)16-11-20(30-13-16)21(31)10-15-1-2-17(29-12-15)9-14-5-7-28-8-6-14/h1-4,11-14,28,30H,5-10H2. The minimum Gasteiger partial charge on any atom is -0.358 e. The molecule has 0 atom stereocenters. The van der Waals surface area contributed by atoms with Crippen LogP contribution >= 0.6 is 23.2 Å². The first-order valence-electron chi connectivity index (χ1n) is 10.5. The van der Waals surface area contributed by atoms with Gasteiger partial charge >= 0.3 is 0 Å². The molecule has 32 heavy (non-hydrogen) atoms. The Kier molecular flexibility index (Phi) is 7.04. The van der Waals surface area contributed by atoms with E-state index < -0.39 is 11.6 Å². The third-order valence-electron chi connectivity index (χ3n) is 5.72. The molecule has 2 N–H and O–H groups in total. The van der Waals surface area contributed by atoms with Crippen molar-refractivity contribution < 1.29 is 14.0 Å². The third kappa shape index (κ3) is 5.09. The highest BCUT2D eigenvalue weighted by atomic mass is 35.5. The largest absolute Gasteiger partial charge is 0.358 e. The summed E-state index contributed by atoms with van der Waals surface area (Å²) in [7, 11) is 0. The van der Waals surface area contributed by atoms with Crippen LogP contribution in [0.2, 0.25) is 10.0 Å². The summed E-state index contributed by atoms with van der Waals surface area (Å²) in [4.78, 5) is 32.7. The van der Waals surface area contributed by atoms with Crippen LogP contribution in [0, 0.1) is 11.7 Å². The normalized spacial score (nSPS) is 14.5. The number of carbonyl (C=O) groups is 2. The average molecular weight is 474 g/mol. The highest BCUT2D eigenvalue weighted by Gasteiger charge is 2.22. The lowest BCUT2D eigenvalue weighted by atomic mass is 9.93. The molecule has 166 valence electrons. The summed E-state index contributed by atoms with van der Waals surface area (Å²) in [5.74, 6) is -1.08. The average Bonchev–Trinajstić information content (AvgIpc) is 3.29. The summed E-state index contributed by atoms with van der Waals surface area (Å²) in [5, 5.41) is 3.13. The molecule has 3 aromatic rings. The van der Waals surface area contributed by atoms with Crippen LogP contribution in [0.4, 0.5) is 4.39 Å². The SMILES string of the molecule is O=C(Cc1ccc(CC2CCNCC2)nc1)c1cc(C(=O)c2c(Cl)ccc(Cl)c2F)c[nH]1. The van der Waals surface area contributed by atoms with Crippen LogP contribution in [0.1, 0.15) is 50.5 Å². The first-order chi connectivity index (χ1) is 15.4. The van der Waals surface area contributed by atoms with Gasteiger partial charge in [0.15, 0.2) is 17.4 Å². The van der Waals surface area contributed by atoms with E-state index in [2.05, 4.69) is 15.3 Å². The van der Waals surface area contributed by atoms with E-state index in [-0.39, 0.29) is 39.1 Å². The van der Waals surface area contributed by atoms with Gasteiger partial charge in [0.2, 0.25) is 0 Å². The minimum absolute atomic E-state index is 0.0402. The van der Waals surface area contributed by atoms with Crippen molar-refractivity contribution in [2.75, 3.05) is 13.1 Å². The van der Waals surface area contributed by atoms with Crippen molar-refractivity contribution in [2.24, 2.45) is 5.92 Å². The summed E-state index contributed by atoms with van der Waals surface area (Å²) >= 11 is 11.8. The number of halogens is 3. The number of benzene rings is 1. The van der Waals surface area contributed by atoms with Crippen LogP contribution in [0.3, 0.4) is 0 Å². The maximum atomic E-state index is 14.3. The van der Waals surface area contributed by atoms with E-state index >= 15 is 0 Å². The van der Waals surface area contributed by atoms with Crippen LogP contribution in [-0.2, 0) is 12.8 Å². The van der Waals surface area contributed by atoms with Gasteiger partial charge in [-0.1, -0.05) is 29.3 Å². The van der Waals surface area contributed by atoms with E-state index in [1.54, 1.807) is 6.20 Å². The Morgan fingerprint density at radius 3 is 2.56 bits per heavy atom. The van der Waals surface area contributed by atoms with E-state index in [1.807, 2.05) is 12.1 Å². The molecule has 5 nitrogen and oxygen atoms in total. The summed E-state index contributed by atoms with van der Waals surface area (Å²) in [5.41, 5.74) is 1.89. The van der Waals surface area contributed by atoms with Gasteiger partial charge in [0.1, 0.15) is 0 Å². The number of hydrogen-bond acceptors (Lipinski definition) is 4. The number of carbonyl (C=O) groups excluding carboxylic acids is 2. The highest BCUT2D eigenvalue weighted by molar-refractivity contribution is 6.37. The smallest absolute Gasteiger partial charge is 0.199 e. The predicted octanol–water partition coefficient (Wildman–Crippen LogP) is 5.05. The van der Waals surface area contributed by atoms with Crippen molar-refractivity contribution in [3.05, 3.63) is 86.7 Å². The van der Waals surface area contributed by atoms with Gasteiger partial charge in [0, 0.05) is 30.1 Å². The second-order valence-electron chi connectivity index (χ2n) is 8.00. The lowest BCUT2D eigenvalue weighted by molar-refractivity contribution is 0.0988. The Balaban J connectivity index is 1.42. The molecule has 1 aliphatic heterocycles. The molecule has 4 rings (SSSR count). The molecular weight excluding hydrogens is 452 g/mol. The van der Waals surface area contributed by atoms with E-state index in [0.29, 0.717) is 5.92 Å². The zero-order valence-corrected chi connectivity index (χ0v) is 18.8. The van der Waals surface area contributed by atoms with Gasteiger partial charge in [-0.3, -0.25) is 14.6 Å². The number of nitrogens with zero attached hydrogens (tertiary/aromatic N) is 1. The third-order valence-corrected chi connectivity index (χ3v) is 6.33. The van der Waals surface area contributed by atoms with Crippen LogP contribution < -0.4 is 5.32 Å². The van der Waals surface area contributed by atoms with Gasteiger partial charge in [-0.05, 0) is 68.1 Å². The molecule has 8 heteroatoms. The molecule has 0 bridgehead atoms. The number of pyridine rings is 1. The number of aromatic nitrogens is 2. The number of nitrogens with one attached hydrogen (secondary N) is 2. The quantitative estimate of drug-likeness (QED) is 0.371. The Bertz CT molecular complexity index is 1140. The van der Waals surface area contributed by atoms with Crippen molar-refractivity contribution in [1.29, 1.82) is 0 Å². The lowest BCUT2D eigenvalue weighted by Crippen LogP contribution is -2.28. The highest BCUT2D eigenvalue weighted by Crippen LogP contribution is 2.28. The number of Topliss-reactive ketones (excluding diaryl/α,β-unsaturated/α-hetero) is 1. The molecular formula is C24H22Cl2FN3O2. The fraction of sp³-hybridized carbons (Fsp3) is 0.292. The molecule has 0 saturated carbocycles. The Labute approximate surface area is 195 Å². The van der Waals surface area contributed by atoms with E-state index in [4.69, 9.17) is 23.2 Å². The molecule has 1 fully saturated rings. The molecule has 2 aromatic heterocycles. The summed E-state index contributed by atoms with van der Waals surface area (Å²) in [6.07, 6.45) is 6.49. The lowest BCUT2D eigenvalue weighted by Gasteiger charge is -2.22. The van der Waals surface area contributed by atoms with Crippen molar-refractivity contribution in [2.45, 2.75) is 25.7 Å². The summed E-state index contributed by atoms with van der Waals surface area (Å²) in [6.45, 7) is 2.10. The van der Waals surface area contributed by atoms with Gasteiger partial charge in [-0.2, -0.15) is 0 Å². The predicted molar refractivity (Wildman–Crippen MR) is 122 cm³/mol. The Hall–Kier alpha value is -2.54. The minimum atomic E-state index is -0.881. The zero-order valence-electron chi connectivity index (χ0n) is 17.3. The van der Waals surface area contributed by atoms with Crippen LogP contribution in [-0.4, -0.2) is 34.6 Å². The van der Waals surface area contributed by atoms with E-state index in [1.165, 1.54) is 24.4 Å². The fourth-order valence-corrected chi connectivity index (χ4v) is 4.30. The molecule has 1 saturated heterocycles. The van der Waals surface area contributed by atoms with Crippen LogP contribution in [0.5, 0.6) is 0 Å². The molecule has 3 heterocycles. The second kappa shape index (κ2) is 9.94. The maximum Gasteiger partial charge on any atom is 0.199 e. The van der Waals surface area contributed by atoms with E-state index in [0.717, 1.165) is 43.6 Å². The molecule has 1 aromatic carbocycles. The topological polar surface area (TPSA) is 74.8 Å². The van der Waals surface area contributed by atoms with Crippen molar-refractivity contribution >= 4 is 34.8 Å². The van der Waals surface area contributed by atoms with Gasteiger partial charge in [-0.25, -0.2) is 4.39 Å². The molecule has 0 amide bonds. The fourth-order valence-electron chi connectivity index (χ4n) is 3.91. The molecule has 0 radical (unpaired) electrons. The van der Waals surface area contributed by atoms with Gasteiger partial charge in [-0.15, -0.1) is 0 Å².